The molecule has 7 heavy (non-hydrogen) atoms. The normalized spacial score (nSPS) is 11.3. The summed E-state index contributed by atoms with van der Waals surface area (Å²) in [5.41, 5.74) is 0. The van der Waals surface area contributed by atoms with Crippen molar-refractivity contribution in [3.63, 3.8) is 0 Å². The molecule has 0 bridgehead atoms. The zero-order valence-corrected chi connectivity index (χ0v) is 5.60. The van der Waals surface area contributed by atoms with Gasteiger partial charge in [-0.2, -0.15) is 0 Å². The van der Waals surface area contributed by atoms with Gasteiger partial charge in [0.2, 0.25) is 0 Å². The third-order valence-corrected chi connectivity index (χ3v) is 1.70. The Labute approximate surface area is 53.7 Å². The van der Waals surface area contributed by atoms with E-state index in [4.69, 9.17) is 1.37 Å². The smallest absolute Gasteiger partial charge is 0.305 e. The number of H-pyrrole nitrogens is 1. The molecule has 0 saturated carbocycles. The Morgan fingerprint density at radius 2 is 2.86 bits per heavy atom. The van der Waals surface area contributed by atoms with E-state index in [1.165, 1.54) is 0 Å². The lowest BCUT2D eigenvalue weighted by atomic mass is 11.0. The van der Waals surface area contributed by atoms with Crippen LogP contribution < -0.4 is 4.87 Å². The van der Waals surface area contributed by atoms with Crippen LogP contribution in [0.15, 0.2) is 14.8 Å². The predicted molar refractivity (Wildman–Crippen MR) is 32.6 cm³/mol. The summed E-state index contributed by atoms with van der Waals surface area (Å²) in [6.07, 6.45) is 0.153. The van der Waals surface area contributed by atoms with Gasteiger partial charge in [0.1, 0.15) is 0 Å². The van der Waals surface area contributed by atoms with E-state index >= 15 is 0 Å². The second-order valence-corrected chi connectivity index (χ2v) is 3.21. The van der Waals surface area contributed by atoms with Crippen molar-refractivity contribution in [3.8, 4) is 0 Å². The number of aromatic nitrogens is 1. The summed E-state index contributed by atoms with van der Waals surface area (Å²) in [5, 5.41) is 0. The zero-order valence-electron chi connectivity index (χ0n) is 4.19. The molecule has 4 heteroatoms. The standard InChI is InChI=1S/C3H2BrNOS/c4-2-1-5-3(6)7-2/h1H,(H,5,6)/i1D. The van der Waals surface area contributed by atoms with E-state index in [1.54, 1.807) is 0 Å². The second-order valence-electron chi connectivity index (χ2n) is 0.913. The van der Waals surface area contributed by atoms with Crippen molar-refractivity contribution in [1.29, 1.82) is 0 Å². The third kappa shape index (κ3) is 1.14. The number of halogens is 1. The van der Waals surface area contributed by atoms with Gasteiger partial charge in [0, 0.05) is 6.17 Å². The first-order valence-corrected chi connectivity index (χ1v) is 3.16. The first-order chi connectivity index (χ1) is 3.70. The van der Waals surface area contributed by atoms with Crippen LogP contribution >= 0.6 is 27.3 Å². The van der Waals surface area contributed by atoms with Gasteiger partial charge in [-0.05, 0) is 15.9 Å². The molecule has 0 aliphatic rings. The quantitative estimate of drug-likeness (QED) is 0.640. The maximum Gasteiger partial charge on any atom is 0.305 e. The second kappa shape index (κ2) is 1.79. The van der Waals surface area contributed by atoms with Crippen LogP contribution in [0.3, 0.4) is 0 Å². The molecule has 38 valence electrons. The van der Waals surface area contributed by atoms with Crippen LogP contribution in [0.25, 0.3) is 0 Å². The molecule has 0 fully saturated rings. The fraction of sp³-hybridized carbons (Fsp3) is 0. The molecular weight excluding hydrogens is 178 g/mol. The van der Waals surface area contributed by atoms with Gasteiger partial charge < -0.3 is 4.98 Å². The van der Waals surface area contributed by atoms with Crippen molar-refractivity contribution in [2.24, 2.45) is 0 Å². The van der Waals surface area contributed by atoms with Gasteiger partial charge in [0.25, 0.3) is 0 Å². The molecule has 0 saturated heterocycles. The topological polar surface area (TPSA) is 32.9 Å². The number of rotatable bonds is 0. The van der Waals surface area contributed by atoms with Crippen molar-refractivity contribution in [2.45, 2.75) is 0 Å². The molecular formula is C3H2BrNOS. The molecule has 1 aromatic heterocycles. The molecule has 0 spiro atoms. The Bertz CT molecular complexity index is 219. The Balaban J connectivity index is 3.35. The highest BCUT2D eigenvalue weighted by atomic mass is 79.9. The molecule has 1 heterocycles. The van der Waals surface area contributed by atoms with Crippen LogP contribution in [0, 0.1) is 0 Å². The van der Waals surface area contributed by atoms with E-state index in [9.17, 15) is 4.79 Å². The van der Waals surface area contributed by atoms with Gasteiger partial charge in [-0.3, -0.25) is 4.79 Å². The highest BCUT2D eigenvalue weighted by Gasteiger charge is 1.86. The summed E-state index contributed by atoms with van der Waals surface area (Å²) < 4.78 is 7.51. The predicted octanol–water partition coefficient (Wildman–Crippen LogP) is 1.20. The van der Waals surface area contributed by atoms with Gasteiger partial charge in [-0.15, -0.1) is 0 Å². The Hall–Kier alpha value is -0.0900. The monoisotopic (exact) mass is 180 g/mol. The highest BCUT2D eigenvalue weighted by Crippen LogP contribution is 2.08. The first kappa shape index (κ1) is 3.86. The van der Waals surface area contributed by atoms with Gasteiger partial charge in [-0.1, -0.05) is 11.3 Å². The molecule has 0 aliphatic heterocycles. The Kier molecular flexibility index (Phi) is 0.989. The lowest BCUT2D eigenvalue weighted by Gasteiger charge is -1.60. The van der Waals surface area contributed by atoms with Crippen molar-refractivity contribution >= 4 is 27.3 Å². The Morgan fingerprint density at radius 1 is 2.14 bits per heavy atom. The minimum absolute atomic E-state index is 0.153. The highest BCUT2D eigenvalue weighted by molar-refractivity contribution is 9.11. The van der Waals surface area contributed by atoms with Gasteiger partial charge >= 0.3 is 4.87 Å². The summed E-state index contributed by atoms with van der Waals surface area (Å²) >= 11 is 4.00. The van der Waals surface area contributed by atoms with E-state index in [0.717, 1.165) is 11.3 Å². The lowest BCUT2D eigenvalue weighted by Crippen LogP contribution is -1.87. The van der Waals surface area contributed by atoms with Crippen molar-refractivity contribution in [3.05, 3.63) is 19.6 Å². The van der Waals surface area contributed by atoms with E-state index in [0.29, 0.717) is 3.79 Å². The van der Waals surface area contributed by atoms with E-state index < -0.39 is 0 Å². The number of hydrogen-bond acceptors (Lipinski definition) is 2. The average molecular weight is 181 g/mol. The number of thiazole rings is 1. The molecule has 0 aromatic carbocycles. The first-order valence-electron chi connectivity index (χ1n) is 2.05. The van der Waals surface area contributed by atoms with Crippen LogP contribution in [0.5, 0.6) is 0 Å². The molecule has 0 atom stereocenters. The minimum atomic E-state index is -0.193. The summed E-state index contributed by atoms with van der Waals surface area (Å²) in [5.74, 6) is 0. The van der Waals surface area contributed by atoms with E-state index in [2.05, 4.69) is 20.9 Å². The number of aromatic amines is 1. The fourth-order valence-corrected chi connectivity index (χ4v) is 1.14. The van der Waals surface area contributed by atoms with Gasteiger partial charge in [-0.25, -0.2) is 0 Å². The Morgan fingerprint density at radius 3 is 3.00 bits per heavy atom. The lowest BCUT2D eigenvalue weighted by molar-refractivity contribution is 1.34. The van der Waals surface area contributed by atoms with Crippen LogP contribution in [0.1, 0.15) is 1.37 Å². The molecule has 0 unspecified atom stereocenters. The van der Waals surface area contributed by atoms with Crippen molar-refractivity contribution in [1.82, 2.24) is 4.98 Å². The zero-order chi connectivity index (χ0) is 6.15. The molecule has 0 aliphatic carbocycles. The van der Waals surface area contributed by atoms with Crippen LogP contribution in [-0.2, 0) is 0 Å². The minimum Gasteiger partial charge on any atom is -0.318 e. The SMILES string of the molecule is [2H]c1[nH]c(=O)sc1Br. The average Bonchev–Trinajstić information content (AvgIpc) is 1.85. The van der Waals surface area contributed by atoms with Crippen molar-refractivity contribution < 1.29 is 1.37 Å². The summed E-state index contributed by atoms with van der Waals surface area (Å²) in [6.45, 7) is 0. The summed E-state index contributed by atoms with van der Waals surface area (Å²) in [6, 6.07) is 0. The third-order valence-electron chi connectivity index (χ3n) is 0.445. The molecule has 1 aromatic rings. The van der Waals surface area contributed by atoms with Gasteiger partial charge in [0.05, 0.1) is 5.16 Å². The molecule has 2 nitrogen and oxygen atoms in total. The number of hydrogen-bond donors (Lipinski definition) is 1. The van der Waals surface area contributed by atoms with E-state index in [-0.39, 0.29) is 11.0 Å². The molecule has 0 amide bonds. The number of nitrogens with one attached hydrogen (secondary N) is 1. The van der Waals surface area contributed by atoms with E-state index in [1.807, 2.05) is 0 Å². The fourth-order valence-electron chi connectivity index (χ4n) is 0.233. The summed E-state index contributed by atoms with van der Waals surface area (Å²) in [4.78, 5) is 12.4. The van der Waals surface area contributed by atoms with Crippen LogP contribution in [-0.4, -0.2) is 4.98 Å². The summed E-state index contributed by atoms with van der Waals surface area (Å²) in [7, 11) is 0. The van der Waals surface area contributed by atoms with Crippen LogP contribution in [0.2, 0.25) is 0 Å². The maximum absolute atomic E-state index is 10.3. The largest absolute Gasteiger partial charge is 0.318 e. The van der Waals surface area contributed by atoms with Crippen molar-refractivity contribution in [2.75, 3.05) is 0 Å². The molecule has 1 N–H and O–H groups in total. The maximum atomic E-state index is 10.3. The molecule has 0 radical (unpaired) electrons. The van der Waals surface area contributed by atoms with Crippen LogP contribution in [0.4, 0.5) is 0 Å². The molecule has 1 rings (SSSR count). The van der Waals surface area contributed by atoms with Gasteiger partial charge in [0.15, 0.2) is 0 Å².